The highest BCUT2D eigenvalue weighted by molar-refractivity contribution is 9.10. The van der Waals surface area contributed by atoms with Gasteiger partial charge in [0.25, 0.3) is 5.91 Å². The van der Waals surface area contributed by atoms with E-state index in [2.05, 4.69) is 26.7 Å². The number of carbonyl (C=O) groups excluding carboxylic acids is 1. The van der Waals surface area contributed by atoms with Crippen molar-refractivity contribution in [3.05, 3.63) is 52.5 Å². The third-order valence-electron chi connectivity index (χ3n) is 2.55. The average Bonchev–Trinajstić information content (AvgIpc) is 2.39. The number of carbonyl (C=O) groups is 1. The molecule has 0 bridgehead atoms. The van der Waals surface area contributed by atoms with Gasteiger partial charge in [0.1, 0.15) is 0 Å². The molecule has 0 heterocycles. The Morgan fingerprint density at radius 3 is 2.63 bits per heavy atom. The highest BCUT2D eigenvalue weighted by Gasteiger charge is 2.08. The molecule has 0 aliphatic rings. The summed E-state index contributed by atoms with van der Waals surface area (Å²) in [6.07, 6.45) is 0. The van der Waals surface area contributed by atoms with Crippen LogP contribution in [-0.2, 0) is 0 Å². The molecule has 0 saturated heterocycles. The summed E-state index contributed by atoms with van der Waals surface area (Å²) in [6, 6.07) is 12.2. The van der Waals surface area contributed by atoms with Crippen molar-refractivity contribution in [1.82, 2.24) is 0 Å². The third kappa shape index (κ3) is 3.24. The molecule has 0 atom stereocenters. The van der Waals surface area contributed by atoms with E-state index in [-0.39, 0.29) is 5.91 Å². The molecular formula is C13H13BrN4O. The van der Waals surface area contributed by atoms with Crippen LogP contribution in [0.4, 0.5) is 17.1 Å². The zero-order valence-electron chi connectivity index (χ0n) is 9.98. The van der Waals surface area contributed by atoms with Gasteiger partial charge in [-0.25, -0.2) is 0 Å². The zero-order valence-corrected chi connectivity index (χ0v) is 11.6. The molecule has 6 heteroatoms. The maximum absolute atomic E-state index is 12.1. The summed E-state index contributed by atoms with van der Waals surface area (Å²) >= 11 is 3.35. The summed E-state index contributed by atoms with van der Waals surface area (Å²) < 4.78 is 0.895. The summed E-state index contributed by atoms with van der Waals surface area (Å²) in [5, 5.41) is 2.79. The smallest absolute Gasteiger partial charge is 0.255 e. The van der Waals surface area contributed by atoms with Crippen molar-refractivity contribution in [2.45, 2.75) is 0 Å². The van der Waals surface area contributed by atoms with E-state index < -0.39 is 0 Å². The number of hydrogen-bond acceptors (Lipinski definition) is 4. The predicted molar refractivity (Wildman–Crippen MR) is 80.8 cm³/mol. The second-order valence-electron chi connectivity index (χ2n) is 3.91. The van der Waals surface area contributed by atoms with Crippen molar-refractivity contribution in [1.29, 1.82) is 0 Å². The summed E-state index contributed by atoms with van der Waals surface area (Å²) in [7, 11) is 0. The van der Waals surface area contributed by atoms with E-state index in [1.807, 2.05) is 24.3 Å². The van der Waals surface area contributed by atoms with E-state index in [0.717, 1.165) is 4.47 Å². The van der Waals surface area contributed by atoms with Crippen molar-refractivity contribution in [3.8, 4) is 0 Å². The molecule has 0 aliphatic heterocycles. The third-order valence-corrected chi connectivity index (χ3v) is 3.05. The van der Waals surface area contributed by atoms with Crippen molar-refractivity contribution in [2.75, 3.05) is 16.5 Å². The Morgan fingerprint density at radius 2 is 1.95 bits per heavy atom. The number of amides is 1. The van der Waals surface area contributed by atoms with Gasteiger partial charge >= 0.3 is 0 Å². The van der Waals surface area contributed by atoms with Crippen LogP contribution in [0.3, 0.4) is 0 Å². The number of anilines is 3. The second-order valence-corrected chi connectivity index (χ2v) is 4.83. The molecule has 0 saturated carbocycles. The fraction of sp³-hybridized carbons (Fsp3) is 0. The highest BCUT2D eigenvalue weighted by Crippen LogP contribution is 2.20. The first-order valence-electron chi connectivity index (χ1n) is 5.53. The Balaban J connectivity index is 2.20. The number of rotatable bonds is 3. The molecule has 2 rings (SSSR count). The molecular weight excluding hydrogens is 308 g/mol. The van der Waals surface area contributed by atoms with Crippen molar-refractivity contribution >= 4 is 38.9 Å². The zero-order chi connectivity index (χ0) is 13.8. The number of hydrazine groups is 1. The molecule has 98 valence electrons. The molecule has 0 radical (unpaired) electrons. The minimum Gasteiger partial charge on any atom is -0.397 e. The average molecular weight is 321 g/mol. The monoisotopic (exact) mass is 320 g/mol. The molecule has 0 fully saturated rings. The number of nitrogen functional groups attached to an aromatic ring is 2. The van der Waals surface area contributed by atoms with Gasteiger partial charge in [0.15, 0.2) is 0 Å². The van der Waals surface area contributed by atoms with Gasteiger partial charge in [0, 0.05) is 15.7 Å². The molecule has 5 nitrogen and oxygen atoms in total. The lowest BCUT2D eigenvalue weighted by Crippen LogP contribution is -2.14. The standard InChI is InChI=1S/C13H13BrN4O/c14-9-2-1-3-10(7-9)17-13(19)8-4-5-11(15)12(6-8)18-16/h1-7,18H,15-16H2,(H,17,19). The Labute approximate surface area is 119 Å². The first kappa shape index (κ1) is 13.4. The topological polar surface area (TPSA) is 93.2 Å². The lowest BCUT2D eigenvalue weighted by atomic mass is 10.1. The molecule has 6 N–H and O–H groups in total. The maximum Gasteiger partial charge on any atom is 0.255 e. The van der Waals surface area contributed by atoms with E-state index >= 15 is 0 Å². The van der Waals surface area contributed by atoms with Crippen molar-refractivity contribution in [3.63, 3.8) is 0 Å². The van der Waals surface area contributed by atoms with Crippen LogP contribution >= 0.6 is 15.9 Å². The predicted octanol–water partition coefficient (Wildman–Crippen LogP) is 2.57. The Hall–Kier alpha value is -2.05. The molecule has 0 unspecified atom stereocenters. The van der Waals surface area contributed by atoms with E-state index in [4.69, 9.17) is 11.6 Å². The summed E-state index contributed by atoms with van der Waals surface area (Å²) in [6.45, 7) is 0. The SMILES string of the molecule is NNc1cc(C(=O)Nc2cccc(Br)c2)ccc1N. The molecule has 2 aromatic carbocycles. The van der Waals surface area contributed by atoms with Crippen LogP contribution in [-0.4, -0.2) is 5.91 Å². The van der Waals surface area contributed by atoms with Gasteiger partial charge in [-0.1, -0.05) is 22.0 Å². The van der Waals surface area contributed by atoms with Crippen LogP contribution < -0.4 is 22.3 Å². The van der Waals surface area contributed by atoms with Crippen LogP contribution in [0, 0.1) is 0 Å². The van der Waals surface area contributed by atoms with Gasteiger partial charge < -0.3 is 16.5 Å². The first-order valence-corrected chi connectivity index (χ1v) is 6.32. The fourth-order valence-corrected chi connectivity index (χ4v) is 1.99. The molecule has 0 aliphatic carbocycles. The van der Waals surface area contributed by atoms with E-state index in [0.29, 0.717) is 22.6 Å². The first-order chi connectivity index (χ1) is 9.10. The number of hydrogen-bond donors (Lipinski definition) is 4. The minimum absolute atomic E-state index is 0.227. The Morgan fingerprint density at radius 1 is 1.16 bits per heavy atom. The quantitative estimate of drug-likeness (QED) is 0.397. The Bertz CT molecular complexity index is 615. The number of halogens is 1. The van der Waals surface area contributed by atoms with Crippen molar-refractivity contribution < 1.29 is 4.79 Å². The number of benzene rings is 2. The van der Waals surface area contributed by atoms with Crippen LogP contribution in [0.25, 0.3) is 0 Å². The summed E-state index contributed by atoms with van der Waals surface area (Å²) in [5.41, 5.74) is 10.3. The lowest BCUT2D eigenvalue weighted by molar-refractivity contribution is 0.102. The molecule has 0 spiro atoms. The molecule has 19 heavy (non-hydrogen) atoms. The van der Waals surface area contributed by atoms with E-state index in [1.54, 1.807) is 18.2 Å². The summed E-state index contributed by atoms with van der Waals surface area (Å²) in [4.78, 5) is 12.1. The van der Waals surface area contributed by atoms with Crippen LogP contribution in [0.2, 0.25) is 0 Å². The van der Waals surface area contributed by atoms with Crippen LogP contribution in [0.15, 0.2) is 46.9 Å². The number of nitrogens with one attached hydrogen (secondary N) is 2. The second kappa shape index (κ2) is 5.73. The highest BCUT2D eigenvalue weighted by atomic mass is 79.9. The minimum atomic E-state index is -0.227. The normalized spacial score (nSPS) is 10.0. The van der Waals surface area contributed by atoms with E-state index in [9.17, 15) is 4.79 Å². The molecule has 0 aromatic heterocycles. The van der Waals surface area contributed by atoms with Gasteiger partial charge in [-0.15, -0.1) is 0 Å². The van der Waals surface area contributed by atoms with Crippen LogP contribution in [0.1, 0.15) is 10.4 Å². The molecule has 1 amide bonds. The summed E-state index contributed by atoms with van der Waals surface area (Å²) in [5.74, 6) is 5.10. The maximum atomic E-state index is 12.1. The van der Waals surface area contributed by atoms with Gasteiger partial charge in [0.05, 0.1) is 11.4 Å². The molecule has 2 aromatic rings. The number of nitrogens with two attached hydrogens (primary N) is 2. The Kier molecular flexibility index (Phi) is 4.03. The van der Waals surface area contributed by atoms with Gasteiger partial charge in [0.2, 0.25) is 0 Å². The van der Waals surface area contributed by atoms with Crippen molar-refractivity contribution in [2.24, 2.45) is 5.84 Å². The van der Waals surface area contributed by atoms with Crippen LogP contribution in [0.5, 0.6) is 0 Å². The van der Waals surface area contributed by atoms with Gasteiger partial charge in [-0.05, 0) is 36.4 Å². The lowest BCUT2D eigenvalue weighted by Gasteiger charge is -2.09. The largest absolute Gasteiger partial charge is 0.397 e. The van der Waals surface area contributed by atoms with Gasteiger partial charge in [-0.2, -0.15) is 0 Å². The fourth-order valence-electron chi connectivity index (χ4n) is 1.59. The van der Waals surface area contributed by atoms with E-state index in [1.165, 1.54) is 0 Å². The van der Waals surface area contributed by atoms with Gasteiger partial charge in [-0.3, -0.25) is 10.6 Å².